The fourth-order valence-corrected chi connectivity index (χ4v) is 8.22. The van der Waals surface area contributed by atoms with Crippen molar-refractivity contribution in [3.63, 3.8) is 0 Å². The van der Waals surface area contributed by atoms with Crippen LogP contribution in [-0.2, 0) is 29.1 Å². The minimum atomic E-state index is -3.91. The number of hydrogen-bond acceptors (Lipinski definition) is 10. The second-order valence-electron chi connectivity index (χ2n) is 15.8. The van der Waals surface area contributed by atoms with E-state index in [0.29, 0.717) is 40.9 Å². The van der Waals surface area contributed by atoms with Crippen molar-refractivity contribution >= 4 is 44.7 Å². The second kappa shape index (κ2) is 15.2. The van der Waals surface area contributed by atoms with E-state index in [-0.39, 0.29) is 19.4 Å². The number of alkyl carbamates (subject to hydrolysis) is 1. The number of benzene rings is 2. The Kier molecular flexibility index (Phi) is 10.9. The van der Waals surface area contributed by atoms with E-state index < -0.39 is 80.3 Å². The molecule has 2 saturated carbocycles. The molecule has 3 N–H and O–H groups in total. The summed E-state index contributed by atoms with van der Waals surface area (Å²) in [5.74, 6) is -1.94. The SMILES string of the molecule is C=CC1CC1(NC(=O)[C@@H]1C[C@@H](Oc2cc(-c3ccccc3)nc3cc(OC)ccc23)CN1C(=O)[C@@H](NC(=O)OC(C)(C)C)C(C)C)C(=O)NS(=O)(=O)C1CC1. The average Bonchev–Trinajstić information content (AvgIpc) is 4.06. The number of fused-ring (bicyclic) bond motifs is 1. The van der Waals surface area contributed by atoms with Crippen LogP contribution in [0.3, 0.4) is 0 Å². The summed E-state index contributed by atoms with van der Waals surface area (Å²) in [6.07, 6.45) is 1.05. The molecule has 1 aliphatic heterocycles. The third-order valence-corrected chi connectivity index (χ3v) is 11.9. The monoisotopic (exact) mass is 775 g/mol. The number of nitrogens with zero attached hydrogens (tertiary/aromatic N) is 2. The number of carbonyl (C=O) groups is 4. The summed E-state index contributed by atoms with van der Waals surface area (Å²) >= 11 is 0. The van der Waals surface area contributed by atoms with Crippen molar-refractivity contribution in [1.29, 1.82) is 0 Å². The highest BCUT2D eigenvalue weighted by atomic mass is 32.2. The summed E-state index contributed by atoms with van der Waals surface area (Å²) in [7, 11) is -2.34. The molecule has 0 bridgehead atoms. The summed E-state index contributed by atoms with van der Waals surface area (Å²) in [5.41, 5.74) is -0.301. The van der Waals surface area contributed by atoms with Gasteiger partial charge >= 0.3 is 6.09 Å². The smallest absolute Gasteiger partial charge is 0.408 e. The maximum atomic E-state index is 14.4. The van der Waals surface area contributed by atoms with Gasteiger partial charge in [-0.15, -0.1) is 6.58 Å². The van der Waals surface area contributed by atoms with Crippen molar-refractivity contribution in [1.82, 2.24) is 25.2 Å². The number of amides is 4. The molecule has 55 heavy (non-hydrogen) atoms. The molecule has 15 heteroatoms. The van der Waals surface area contributed by atoms with Crippen LogP contribution >= 0.6 is 0 Å². The van der Waals surface area contributed by atoms with E-state index in [1.165, 1.54) is 11.0 Å². The van der Waals surface area contributed by atoms with Crippen molar-refractivity contribution in [2.24, 2.45) is 11.8 Å². The Bertz CT molecular complexity index is 2100. The van der Waals surface area contributed by atoms with Gasteiger partial charge in [-0.05, 0) is 58.1 Å². The van der Waals surface area contributed by atoms with Crippen LogP contribution in [0, 0.1) is 11.8 Å². The van der Waals surface area contributed by atoms with Crippen LogP contribution in [0.1, 0.15) is 60.3 Å². The molecule has 3 fully saturated rings. The van der Waals surface area contributed by atoms with E-state index in [4.69, 9.17) is 19.2 Å². The van der Waals surface area contributed by atoms with Gasteiger partial charge in [0.25, 0.3) is 5.91 Å². The summed E-state index contributed by atoms with van der Waals surface area (Å²) in [4.78, 5) is 61.5. The number of hydrogen-bond donors (Lipinski definition) is 3. The Labute approximate surface area is 321 Å². The summed E-state index contributed by atoms with van der Waals surface area (Å²) < 4.78 is 45.2. The Balaban J connectivity index is 1.33. The molecule has 0 spiro atoms. The lowest BCUT2D eigenvalue weighted by Gasteiger charge is -2.31. The molecule has 4 amide bonds. The number of carbonyl (C=O) groups excluding carboxylic acids is 4. The van der Waals surface area contributed by atoms with Gasteiger partial charge < -0.3 is 29.7 Å². The molecule has 0 radical (unpaired) electrons. The Morgan fingerprint density at radius 3 is 2.36 bits per heavy atom. The van der Waals surface area contributed by atoms with Crippen LogP contribution in [0.2, 0.25) is 0 Å². The first-order chi connectivity index (χ1) is 25.9. The number of sulfonamides is 1. The normalized spacial score (nSPS) is 22.7. The first-order valence-electron chi connectivity index (χ1n) is 18.5. The van der Waals surface area contributed by atoms with Gasteiger partial charge in [0.1, 0.15) is 40.8 Å². The molecule has 6 rings (SSSR count). The van der Waals surface area contributed by atoms with Crippen molar-refractivity contribution in [3.05, 3.63) is 67.3 Å². The van der Waals surface area contributed by atoms with Gasteiger partial charge in [0.05, 0.1) is 30.1 Å². The number of methoxy groups -OCH3 is 1. The number of aromatic nitrogens is 1. The van der Waals surface area contributed by atoms with Crippen molar-refractivity contribution < 1.29 is 41.8 Å². The third-order valence-electron chi connectivity index (χ3n) is 10.0. The molecule has 2 aromatic carbocycles. The minimum Gasteiger partial charge on any atom is -0.497 e. The van der Waals surface area contributed by atoms with E-state index in [1.54, 1.807) is 53.9 Å². The van der Waals surface area contributed by atoms with Gasteiger partial charge in [0, 0.05) is 35.4 Å². The number of ether oxygens (including phenoxy) is 3. The van der Waals surface area contributed by atoms with Gasteiger partial charge in [-0.1, -0.05) is 50.3 Å². The van der Waals surface area contributed by atoms with E-state index >= 15 is 0 Å². The first kappa shape index (κ1) is 39.5. The average molecular weight is 776 g/mol. The van der Waals surface area contributed by atoms with Crippen LogP contribution in [0.4, 0.5) is 4.79 Å². The fraction of sp³-hybridized carbons (Fsp3) is 0.475. The highest BCUT2D eigenvalue weighted by Crippen LogP contribution is 2.45. The lowest BCUT2D eigenvalue weighted by Crippen LogP contribution is -2.59. The summed E-state index contributed by atoms with van der Waals surface area (Å²) in [6, 6.07) is 14.5. The van der Waals surface area contributed by atoms with Gasteiger partial charge in [-0.25, -0.2) is 18.2 Å². The number of likely N-dealkylation sites (tertiary alicyclic amines) is 1. The number of nitrogens with one attached hydrogen (secondary N) is 3. The maximum absolute atomic E-state index is 14.4. The maximum Gasteiger partial charge on any atom is 0.408 e. The van der Waals surface area contributed by atoms with Gasteiger partial charge in [0.2, 0.25) is 21.8 Å². The summed E-state index contributed by atoms with van der Waals surface area (Å²) in [6.45, 7) is 12.4. The third kappa shape index (κ3) is 8.71. The van der Waals surface area contributed by atoms with E-state index in [9.17, 15) is 27.6 Å². The fourth-order valence-electron chi connectivity index (χ4n) is 6.86. The summed E-state index contributed by atoms with van der Waals surface area (Å²) in [5, 5.41) is 5.51. The van der Waals surface area contributed by atoms with Crippen LogP contribution in [0.15, 0.2) is 67.3 Å². The molecule has 294 valence electrons. The molecular formula is C40H49N5O9S. The molecule has 2 heterocycles. The van der Waals surface area contributed by atoms with E-state index in [0.717, 1.165) is 5.56 Å². The van der Waals surface area contributed by atoms with Crippen LogP contribution in [-0.4, -0.2) is 90.3 Å². The Morgan fingerprint density at radius 2 is 1.76 bits per heavy atom. The quantitative estimate of drug-likeness (QED) is 0.210. The molecule has 1 saturated heterocycles. The first-order valence-corrected chi connectivity index (χ1v) is 20.0. The topological polar surface area (TPSA) is 182 Å². The highest BCUT2D eigenvalue weighted by molar-refractivity contribution is 7.91. The van der Waals surface area contributed by atoms with Gasteiger partial charge in [0.15, 0.2) is 0 Å². The molecule has 5 atom stereocenters. The van der Waals surface area contributed by atoms with Crippen LogP contribution in [0.5, 0.6) is 11.5 Å². The lowest BCUT2D eigenvalue weighted by molar-refractivity contribution is -0.141. The second-order valence-corrected chi connectivity index (χ2v) is 17.7. The zero-order valence-electron chi connectivity index (χ0n) is 32.0. The van der Waals surface area contributed by atoms with Gasteiger partial charge in [-0.3, -0.25) is 19.1 Å². The molecule has 2 unspecified atom stereocenters. The van der Waals surface area contributed by atoms with Crippen molar-refractivity contribution in [2.75, 3.05) is 13.7 Å². The minimum absolute atomic E-state index is 0.0201. The Morgan fingerprint density at radius 1 is 1.05 bits per heavy atom. The molecule has 14 nitrogen and oxygen atoms in total. The zero-order chi connectivity index (χ0) is 39.9. The van der Waals surface area contributed by atoms with E-state index in [2.05, 4.69) is 21.9 Å². The predicted molar refractivity (Wildman–Crippen MR) is 206 cm³/mol. The highest BCUT2D eigenvalue weighted by Gasteiger charge is 2.62. The number of rotatable bonds is 13. The molecular weight excluding hydrogens is 727 g/mol. The Hall–Kier alpha value is -5.18. The van der Waals surface area contributed by atoms with Crippen molar-refractivity contribution in [3.8, 4) is 22.8 Å². The van der Waals surface area contributed by atoms with Gasteiger partial charge in [-0.2, -0.15) is 0 Å². The van der Waals surface area contributed by atoms with Crippen LogP contribution < -0.4 is 24.8 Å². The predicted octanol–water partition coefficient (Wildman–Crippen LogP) is 4.48. The molecule has 3 aromatic rings. The molecule has 1 aromatic heterocycles. The molecule has 2 aliphatic carbocycles. The number of pyridine rings is 1. The van der Waals surface area contributed by atoms with Crippen molar-refractivity contribution in [2.45, 2.75) is 94.9 Å². The largest absolute Gasteiger partial charge is 0.497 e. The van der Waals surface area contributed by atoms with Crippen LogP contribution in [0.25, 0.3) is 22.2 Å². The molecule has 3 aliphatic rings. The van der Waals surface area contributed by atoms with E-state index in [1.807, 2.05) is 42.5 Å². The zero-order valence-corrected chi connectivity index (χ0v) is 32.8. The lowest BCUT2D eigenvalue weighted by atomic mass is 10.0. The standard InChI is InChI=1S/C40H49N5O9S/c1-8-25-21-40(25,37(48)44-55(50,51)28-15-16-28)43-35(46)32-19-27(22-45(32)36(47)34(23(2)3)42-38(49)54-39(4,5)6)53-33-20-30(24-12-10-9-11-13-24)41-31-18-26(52-7)14-17-29(31)33/h8-14,17-18,20,23,25,27-28,32,34H,1,15-16,19,21-22H2,2-7H3,(H,42,49)(H,43,46)(H,44,48)/t25?,27-,32+,34+,40?/m1/s1.